The smallest absolute Gasteiger partial charge is 0.247 e. The Balaban J connectivity index is 1.66. The Morgan fingerprint density at radius 1 is 0.909 bits per heavy atom. The highest BCUT2D eigenvalue weighted by atomic mass is 32.2. The van der Waals surface area contributed by atoms with Gasteiger partial charge in [-0.1, -0.05) is 60.7 Å². The van der Waals surface area contributed by atoms with Gasteiger partial charge in [-0.05, 0) is 24.3 Å². The fourth-order valence-corrected chi connectivity index (χ4v) is 4.97. The van der Waals surface area contributed by atoms with E-state index in [4.69, 9.17) is 5.10 Å². The molecular formula is C25H22N4O3S. The van der Waals surface area contributed by atoms with Crippen molar-refractivity contribution in [1.29, 1.82) is 0 Å². The van der Waals surface area contributed by atoms with Crippen LogP contribution in [-0.4, -0.2) is 39.7 Å². The second-order valence-electron chi connectivity index (χ2n) is 7.90. The fourth-order valence-electron chi connectivity index (χ4n) is 4.07. The minimum absolute atomic E-state index is 0.0635. The lowest BCUT2D eigenvalue weighted by Gasteiger charge is -2.21. The van der Waals surface area contributed by atoms with Gasteiger partial charge in [-0.2, -0.15) is 14.6 Å². The van der Waals surface area contributed by atoms with Crippen molar-refractivity contribution in [2.45, 2.75) is 12.5 Å². The summed E-state index contributed by atoms with van der Waals surface area (Å²) in [5.74, 6) is 0.0635. The summed E-state index contributed by atoms with van der Waals surface area (Å²) in [5, 5.41) is 19.6. The highest BCUT2D eigenvalue weighted by molar-refractivity contribution is 7.88. The maximum Gasteiger partial charge on any atom is 0.247 e. The molecule has 0 fully saturated rings. The van der Waals surface area contributed by atoms with Crippen molar-refractivity contribution in [2.24, 2.45) is 5.10 Å². The van der Waals surface area contributed by atoms with E-state index in [9.17, 15) is 13.5 Å². The Bertz CT molecular complexity index is 1430. The molecule has 0 saturated heterocycles. The van der Waals surface area contributed by atoms with Gasteiger partial charge in [0.2, 0.25) is 10.0 Å². The van der Waals surface area contributed by atoms with Gasteiger partial charge in [0.05, 0.1) is 29.4 Å². The van der Waals surface area contributed by atoms with Gasteiger partial charge in [-0.15, -0.1) is 0 Å². The molecule has 1 aliphatic rings. The quantitative estimate of drug-likeness (QED) is 0.481. The topological polar surface area (TPSA) is 87.8 Å². The van der Waals surface area contributed by atoms with E-state index in [2.05, 4.69) is 5.10 Å². The molecule has 166 valence electrons. The van der Waals surface area contributed by atoms with Crippen LogP contribution in [0.5, 0.6) is 5.75 Å². The molecule has 1 atom stereocenters. The molecule has 1 aromatic heterocycles. The van der Waals surface area contributed by atoms with Crippen LogP contribution in [0, 0.1) is 0 Å². The maximum absolute atomic E-state index is 12.7. The van der Waals surface area contributed by atoms with E-state index in [1.54, 1.807) is 28.9 Å². The lowest BCUT2D eigenvalue weighted by Crippen LogP contribution is -2.26. The molecule has 1 N–H and O–H groups in total. The highest BCUT2D eigenvalue weighted by Crippen LogP contribution is 2.40. The number of phenolic OH excluding ortho intramolecular Hbond substituents is 1. The Kier molecular flexibility index (Phi) is 5.22. The zero-order valence-corrected chi connectivity index (χ0v) is 18.7. The molecule has 0 aliphatic carbocycles. The molecule has 0 amide bonds. The van der Waals surface area contributed by atoms with Gasteiger partial charge in [0.1, 0.15) is 5.75 Å². The van der Waals surface area contributed by atoms with E-state index in [-0.39, 0.29) is 5.75 Å². The first kappa shape index (κ1) is 21.0. The van der Waals surface area contributed by atoms with Crippen molar-refractivity contribution in [3.05, 3.63) is 102 Å². The van der Waals surface area contributed by atoms with Crippen LogP contribution in [-0.2, 0) is 10.0 Å². The zero-order chi connectivity index (χ0) is 23.0. The van der Waals surface area contributed by atoms with Crippen molar-refractivity contribution >= 4 is 15.7 Å². The normalized spacial score (nSPS) is 16.1. The van der Waals surface area contributed by atoms with Gasteiger partial charge >= 0.3 is 0 Å². The summed E-state index contributed by atoms with van der Waals surface area (Å²) in [5.41, 5.74) is 4.20. The van der Waals surface area contributed by atoms with Gasteiger partial charge in [0, 0.05) is 29.3 Å². The summed E-state index contributed by atoms with van der Waals surface area (Å²) < 4.78 is 28.4. The summed E-state index contributed by atoms with van der Waals surface area (Å²) in [7, 11) is -3.68. The number of aromatic nitrogens is 2. The van der Waals surface area contributed by atoms with Gasteiger partial charge in [0.15, 0.2) is 0 Å². The molecule has 0 spiro atoms. The van der Waals surface area contributed by atoms with Gasteiger partial charge in [-0.3, -0.25) is 0 Å². The van der Waals surface area contributed by atoms with Crippen LogP contribution in [0.1, 0.15) is 23.6 Å². The van der Waals surface area contributed by atoms with Crippen molar-refractivity contribution in [3.8, 4) is 22.7 Å². The molecule has 0 radical (unpaired) electrons. The Morgan fingerprint density at radius 3 is 2.21 bits per heavy atom. The first-order valence-corrected chi connectivity index (χ1v) is 12.3. The lowest BCUT2D eigenvalue weighted by molar-refractivity contribution is 0.375. The average Bonchev–Trinajstić information content (AvgIpc) is 3.46. The van der Waals surface area contributed by atoms with Crippen molar-refractivity contribution in [1.82, 2.24) is 14.2 Å². The number of aromatic hydroxyl groups is 1. The number of benzene rings is 3. The maximum atomic E-state index is 12.7. The number of para-hydroxylation sites is 2. The van der Waals surface area contributed by atoms with Crippen LogP contribution in [0.25, 0.3) is 16.9 Å². The Hall–Kier alpha value is -3.91. The van der Waals surface area contributed by atoms with E-state index >= 15 is 0 Å². The number of sulfonamides is 1. The molecule has 7 nitrogen and oxygen atoms in total. The van der Waals surface area contributed by atoms with E-state index in [1.807, 2.05) is 66.9 Å². The van der Waals surface area contributed by atoms with Crippen molar-refractivity contribution in [3.63, 3.8) is 0 Å². The Morgan fingerprint density at radius 2 is 1.55 bits per heavy atom. The van der Waals surface area contributed by atoms with Crippen LogP contribution in [0.3, 0.4) is 0 Å². The number of nitrogens with zero attached hydrogens (tertiary/aromatic N) is 4. The number of hydrazone groups is 1. The minimum Gasteiger partial charge on any atom is -0.507 e. The standard InChI is InChI=1S/C25H22N4O3S/c1-33(31,32)29-23(16-22(26-29)20-14-8-9-15-24(20)30)21-17-28(19-12-6-3-7-13-19)27-25(21)18-10-4-2-5-11-18/h2-15,17,23,30H,16H2,1H3. The second-order valence-corrected chi connectivity index (χ2v) is 9.74. The van der Waals surface area contributed by atoms with Gasteiger partial charge in [0.25, 0.3) is 0 Å². The van der Waals surface area contributed by atoms with Crippen molar-refractivity contribution < 1.29 is 13.5 Å². The highest BCUT2D eigenvalue weighted by Gasteiger charge is 2.37. The molecule has 2 heterocycles. The number of hydrogen-bond acceptors (Lipinski definition) is 5. The van der Waals surface area contributed by atoms with Gasteiger partial charge < -0.3 is 5.11 Å². The number of rotatable bonds is 5. The Labute approximate surface area is 192 Å². The largest absolute Gasteiger partial charge is 0.507 e. The predicted octanol–water partition coefficient (Wildman–Crippen LogP) is 4.36. The molecule has 1 unspecified atom stereocenters. The average molecular weight is 459 g/mol. The summed E-state index contributed by atoms with van der Waals surface area (Å²) in [4.78, 5) is 0. The third-order valence-electron chi connectivity index (χ3n) is 5.60. The summed E-state index contributed by atoms with van der Waals surface area (Å²) in [6.07, 6.45) is 3.32. The van der Waals surface area contributed by atoms with E-state index < -0.39 is 16.1 Å². The second kappa shape index (κ2) is 8.22. The first-order chi connectivity index (χ1) is 15.9. The van der Waals surface area contributed by atoms with Gasteiger partial charge in [-0.25, -0.2) is 13.1 Å². The molecule has 33 heavy (non-hydrogen) atoms. The zero-order valence-electron chi connectivity index (χ0n) is 17.9. The molecule has 5 rings (SSSR count). The first-order valence-electron chi connectivity index (χ1n) is 10.5. The predicted molar refractivity (Wildman–Crippen MR) is 128 cm³/mol. The molecule has 0 saturated carbocycles. The summed E-state index contributed by atoms with van der Waals surface area (Å²) >= 11 is 0. The molecule has 3 aromatic carbocycles. The van der Waals surface area contributed by atoms with E-state index in [0.29, 0.717) is 23.4 Å². The van der Waals surface area contributed by atoms with E-state index in [1.165, 1.54) is 0 Å². The molecular weight excluding hydrogens is 436 g/mol. The lowest BCUT2D eigenvalue weighted by atomic mass is 9.97. The third kappa shape index (κ3) is 4.01. The van der Waals surface area contributed by atoms with E-state index in [0.717, 1.165) is 27.5 Å². The summed E-state index contributed by atoms with van der Waals surface area (Å²) in [6, 6.07) is 25.6. The van der Waals surface area contributed by atoms with Crippen molar-refractivity contribution in [2.75, 3.05) is 6.26 Å². The number of hydrogen-bond donors (Lipinski definition) is 1. The SMILES string of the molecule is CS(=O)(=O)N1N=C(c2ccccc2O)CC1c1cn(-c2ccccc2)nc1-c1ccccc1. The fraction of sp³-hybridized carbons (Fsp3) is 0.120. The van der Waals surface area contributed by atoms with Crippen LogP contribution >= 0.6 is 0 Å². The molecule has 4 aromatic rings. The van der Waals surface area contributed by atoms with Crippen LogP contribution in [0.2, 0.25) is 0 Å². The minimum atomic E-state index is -3.68. The summed E-state index contributed by atoms with van der Waals surface area (Å²) in [6.45, 7) is 0. The number of phenols is 1. The molecule has 8 heteroatoms. The van der Waals surface area contributed by atoms with Crippen LogP contribution in [0.4, 0.5) is 0 Å². The van der Waals surface area contributed by atoms with Crippen LogP contribution in [0.15, 0.2) is 96.2 Å². The third-order valence-corrected chi connectivity index (χ3v) is 6.61. The molecule has 0 bridgehead atoms. The molecule has 1 aliphatic heterocycles. The monoisotopic (exact) mass is 458 g/mol. The van der Waals surface area contributed by atoms with Crippen LogP contribution < -0.4 is 0 Å².